The number of carboxylic acid groups (broad SMARTS) is 1. The third kappa shape index (κ3) is 11.4. The van der Waals surface area contributed by atoms with Gasteiger partial charge >= 0.3 is 5.97 Å². The maximum absolute atomic E-state index is 13.4. The first-order valence-electron chi connectivity index (χ1n) is 21.1. The Morgan fingerprint density at radius 2 is 1.09 bits per heavy atom. The van der Waals surface area contributed by atoms with E-state index in [0.717, 1.165) is 37.8 Å². The van der Waals surface area contributed by atoms with Crippen LogP contribution in [-0.2, 0) is 29.6 Å². The monoisotopic (exact) mass is 882 g/mol. The Morgan fingerprint density at radius 3 is 1.67 bits per heavy atom. The number of aliphatic carboxylic acids is 1. The second-order valence-electron chi connectivity index (χ2n) is 16.6. The van der Waals surface area contributed by atoms with E-state index in [1.807, 2.05) is 0 Å². The summed E-state index contributed by atoms with van der Waals surface area (Å²) in [7, 11) is -7.40. The van der Waals surface area contributed by atoms with Crippen molar-refractivity contribution in [3.8, 4) is 0 Å². The van der Waals surface area contributed by atoms with Gasteiger partial charge in [-0.3, -0.25) is 9.59 Å². The summed E-state index contributed by atoms with van der Waals surface area (Å²) in [6.45, 7) is 3.15. The molecule has 15 heteroatoms. The molecule has 6 unspecified atom stereocenters. The smallest absolute Gasteiger partial charge is 0.307 e. The van der Waals surface area contributed by atoms with Crippen LogP contribution in [0.25, 0.3) is 0 Å². The summed E-state index contributed by atoms with van der Waals surface area (Å²) in [5, 5.41) is 13.0. The van der Waals surface area contributed by atoms with Crippen molar-refractivity contribution in [3.63, 3.8) is 0 Å². The Balaban J connectivity index is 0.000000183. The van der Waals surface area contributed by atoms with E-state index in [4.69, 9.17) is 28.3 Å². The fraction of sp³-hybridized carbons (Fsp3) is 0.674. The first-order chi connectivity index (χ1) is 27.4. The zero-order valence-electron chi connectivity index (χ0n) is 33.0. The molecule has 2 aliphatic carbocycles. The molecule has 6 fully saturated rings. The summed E-state index contributed by atoms with van der Waals surface area (Å²) in [5.41, 5.74) is 0. The summed E-state index contributed by atoms with van der Waals surface area (Å²) in [6, 6.07) is 14.0. The van der Waals surface area contributed by atoms with Crippen molar-refractivity contribution in [2.45, 2.75) is 132 Å². The van der Waals surface area contributed by atoms with E-state index in [1.54, 1.807) is 36.4 Å². The predicted octanol–water partition coefficient (Wildman–Crippen LogP) is 8.31. The van der Waals surface area contributed by atoms with Gasteiger partial charge in [0.1, 0.15) is 9.79 Å². The summed E-state index contributed by atoms with van der Waals surface area (Å²) in [4.78, 5) is 26.6. The van der Waals surface area contributed by atoms with Gasteiger partial charge in [0.25, 0.3) is 0 Å². The first-order valence-corrected chi connectivity index (χ1v) is 24.8. The number of fused-ring (bicyclic) bond motifs is 2. The van der Waals surface area contributed by atoms with E-state index in [2.05, 4.69) is 10.2 Å². The molecule has 324 valence electrons. The number of halogens is 2. The zero-order valence-corrected chi connectivity index (χ0v) is 36.1. The first kappa shape index (κ1) is 46.8. The van der Waals surface area contributed by atoms with Gasteiger partial charge in [-0.25, -0.2) is 16.8 Å². The number of sulfonamides is 2. The molecule has 8 rings (SSSR count). The summed E-state index contributed by atoms with van der Waals surface area (Å²) >= 11 is 12.0. The molecule has 2 saturated carbocycles. The number of piperidine rings is 4. The van der Waals surface area contributed by atoms with E-state index < -0.39 is 31.9 Å². The van der Waals surface area contributed by atoms with Crippen molar-refractivity contribution in [3.05, 3.63) is 58.6 Å². The molecule has 1 amide bonds. The third-order valence-corrected chi connectivity index (χ3v) is 17.7. The van der Waals surface area contributed by atoms with E-state index in [1.165, 1.54) is 91.5 Å². The van der Waals surface area contributed by atoms with E-state index in [9.17, 15) is 26.4 Å². The highest BCUT2D eigenvalue weighted by atomic mass is 35.5. The topological polar surface area (TPSA) is 144 Å². The van der Waals surface area contributed by atoms with Gasteiger partial charge in [-0.15, -0.1) is 0 Å². The average Bonchev–Trinajstić information content (AvgIpc) is 3.24. The molecule has 0 radical (unpaired) electrons. The van der Waals surface area contributed by atoms with Crippen LogP contribution in [-0.4, -0.2) is 98.7 Å². The third-order valence-electron chi connectivity index (χ3n) is 13.0. The number of rotatable bonds is 6. The minimum Gasteiger partial charge on any atom is -0.481 e. The lowest BCUT2D eigenvalue weighted by molar-refractivity contribution is -0.144. The molecule has 6 atom stereocenters. The molecule has 4 heterocycles. The van der Waals surface area contributed by atoms with E-state index in [0.29, 0.717) is 44.3 Å². The summed E-state index contributed by atoms with van der Waals surface area (Å²) in [5.74, 6) is -0.00655. The van der Waals surface area contributed by atoms with E-state index >= 15 is 0 Å². The molecular weight excluding hydrogens is 820 g/mol. The Kier molecular flexibility index (Phi) is 17.4. The SMILES string of the molecule is C.C1CCC2NCCCC2C1.O=C(C1CCCN(S(=O)(=O)c2ccccc2Cl)C1)N1CCCC2CCCCC21.O=C(O)C1CCCN(S(=O)(=O)c2ccccc2Cl)C1. The fourth-order valence-electron chi connectivity index (χ4n) is 9.92. The van der Waals surface area contributed by atoms with Crippen molar-refractivity contribution in [1.29, 1.82) is 0 Å². The maximum Gasteiger partial charge on any atom is 0.307 e. The lowest BCUT2D eigenvalue weighted by Gasteiger charge is -2.46. The van der Waals surface area contributed by atoms with Gasteiger partial charge in [0.05, 0.1) is 21.9 Å². The molecule has 0 aromatic heterocycles. The summed E-state index contributed by atoms with van der Waals surface area (Å²) in [6.07, 6.45) is 18.4. The summed E-state index contributed by atoms with van der Waals surface area (Å²) < 4.78 is 53.7. The number of nitrogens with one attached hydrogen (secondary N) is 1. The van der Waals surface area contributed by atoms with Crippen LogP contribution in [0.3, 0.4) is 0 Å². The van der Waals surface area contributed by atoms with Gasteiger partial charge in [-0.2, -0.15) is 8.61 Å². The predicted molar refractivity (Wildman–Crippen MR) is 230 cm³/mol. The van der Waals surface area contributed by atoms with Crippen LogP contribution >= 0.6 is 23.2 Å². The van der Waals surface area contributed by atoms with Crippen LogP contribution in [0.2, 0.25) is 10.0 Å². The maximum atomic E-state index is 13.4. The minimum absolute atomic E-state index is 0. The Hall–Kier alpha value is -2.26. The molecule has 4 aliphatic heterocycles. The molecule has 0 bridgehead atoms. The Labute approximate surface area is 357 Å². The highest BCUT2D eigenvalue weighted by Gasteiger charge is 2.41. The fourth-order valence-corrected chi connectivity index (χ4v) is 14.0. The van der Waals surface area contributed by atoms with Crippen LogP contribution in [0.4, 0.5) is 0 Å². The highest BCUT2D eigenvalue weighted by Crippen LogP contribution is 2.37. The molecule has 2 aromatic carbocycles. The largest absolute Gasteiger partial charge is 0.481 e. The number of carbonyl (C=O) groups excluding carboxylic acids is 1. The molecule has 4 saturated heterocycles. The molecule has 58 heavy (non-hydrogen) atoms. The molecule has 0 spiro atoms. The van der Waals surface area contributed by atoms with Gasteiger partial charge in [-0.1, -0.05) is 80.6 Å². The zero-order chi connectivity index (χ0) is 40.6. The van der Waals surface area contributed by atoms with Crippen LogP contribution in [0.15, 0.2) is 58.3 Å². The highest BCUT2D eigenvalue weighted by molar-refractivity contribution is 7.89. The van der Waals surface area contributed by atoms with Crippen LogP contribution in [0.5, 0.6) is 0 Å². The number of carboxylic acids is 1. The van der Waals surface area contributed by atoms with Crippen molar-refractivity contribution < 1.29 is 31.5 Å². The van der Waals surface area contributed by atoms with Crippen LogP contribution < -0.4 is 5.32 Å². The molecular formula is C43H64Cl2N4O7S2. The number of benzene rings is 2. The number of hydrogen-bond acceptors (Lipinski definition) is 7. The van der Waals surface area contributed by atoms with Crippen LogP contribution in [0, 0.1) is 23.7 Å². The number of hydrogen-bond donors (Lipinski definition) is 2. The second-order valence-corrected chi connectivity index (χ2v) is 21.3. The second kappa shape index (κ2) is 21.5. The lowest BCUT2D eigenvalue weighted by Crippen LogP contribution is -2.54. The quantitative estimate of drug-likeness (QED) is 0.295. The standard InChI is InChI=1S/C21H29ClN2O3S.C12H14ClNO4S.C9H17N.CH4/c22-18-10-2-4-12-20(18)28(26,27)23-13-5-9-17(15-23)21(25)24-14-6-8-16-7-1-3-11-19(16)24;13-10-5-1-2-6-11(10)19(17,18)14-7-3-4-9(8-14)12(15)16;1-2-6-9-8(4-1)5-3-7-10-9;/h2,4,10,12,16-17,19H,1,3,5-9,11,13-15H2;1-2,5-6,9H,3-4,7-8H2,(H,15,16);8-10H,1-7H2;1H4. The number of carbonyl (C=O) groups is 2. The molecule has 2 N–H and O–H groups in total. The Bertz CT molecular complexity index is 1870. The Morgan fingerprint density at radius 1 is 0.603 bits per heavy atom. The van der Waals surface area contributed by atoms with Crippen molar-refractivity contribution >= 4 is 55.1 Å². The van der Waals surface area contributed by atoms with Crippen molar-refractivity contribution in [1.82, 2.24) is 18.8 Å². The normalized spacial score (nSPS) is 28.1. The van der Waals surface area contributed by atoms with Gasteiger partial charge in [0.15, 0.2) is 0 Å². The van der Waals surface area contributed by atoms with Gasteiger partial charge in [-0.05, 0) is 120 Å². The number of likely N-dealkylation sites (tertiary alicyclic amines) is 1. The molecule has 2 aromatic rings. The van der Waals surface area contributed by atoms with Crippen molar-refractivity contribution in [2.24, 2.45) is 23.7 Å². The van der Waals surface area contributed by atoms with E-state index in [-0.39, 0.29) is 52.2 Å². The molecule has 6 aliphatic rings. The van der Waals surface area contributed by atoms with Gasteiger partial charge in [0, 0.05) is 44.8 Å². The average molecular weight is 884 g/mol. The van der Waals surface area contributed by atoms with Crippen molar-refractivity contribution in [2.75, 3.05) is 39.3 Å². The lowest BCUT2D eigenvalue weighted by atomic mass is 9.77. The number of nitrogens with zero attached hydrogens (tertiary/aromatic N) is 3. The molecule has 11 nitrogen and oxygen atoms in total. The van der Waals surface area contributed by atoms with Gasteiger partial charge < -0.3 is 15.3 Å². The van der Waals surface area contributed by atoms with Gasteiger partial charge in [0.2, 0.25) is 26.0 Å². The minimum atomic E-state index is -3.72. The van der Waals surface area contributed by atoms with Crippen LogP contribution in [0.1, 0.15) is 110 Å². The number of amides is 1.